The van der Waals surface area contributed by atoms with E-state index in [9.17, 15) is 9.59 Å². The van der Waals surface area contributed by atoms with Crippen LogP contribution in [0.5, 0.6) is 0 Å². The molecule has 4 aromatic rings. The molecule has 0 unspecified atom stereocenters. The van der Waals surface area contributed by atoms with Crippen LogP contribution in [0, 0.1) is 6.92 Å². The van der Waals surface area contributed by atoms with Crippen LogP contribution in [0.25, 0.3) is 5.69 Å². The van der Waals surface area contributed by atoms with Crippen LogP contribution in [-0.4, -0.2) is 31.7 Å². The molecule has 1 atom stereocenters. The number of aryl methyl sites for hydroxylation is 1. The van der Waals surface area contributed by atoms with Gasteiger partial charge in [-0.05, 0) is 74.9 Å². The fraction of sp³-hybridized carbons (Fsp3) is 0.185. The van der Waals surface area contributed by atoms with E-state index in [0.717, 1.165) is 17.2 Å². The van der Waals surface area contributed by atoms with Crippen LogP contribution < -0.4 is 10.6 Å². The quantitative estimate of drug-likeness (QED) is 0.240. The molecule has 0 bridgehead atoms. The number of carbonyl (C=O) groups excluding carboxylic acids is 2. The fourth-order valence-electron chi connectivity index (χ4n) is 3.51. The Morgan fingerprint density at radius 2 is 1.69 bits per heavy atom. The number of aromatic nitrogens is 3. The number of thioether (sulfide) groups is 1. The molecule has 8 heteroatoms. The summed E-state index contributed by atoms with van der Waals surface area (Å²) in [7, 11) is 0. The van der Waals surface area contributed by atoms with Gasteiger partial charge in [-0.2, -0.15) is 0 Å². The summed E-state index contributed by atoms with van der Waals surface area (Å²) in [5, 5.41) is 15.3. The number of carbonyl (C=O) groups is 2. The van der Waals surface area contributed by atoms with Gasteiger partial charge in [0.05, 0.1) is 11.8 Å². The van der Waals surface area contributed by atoms with Gasteiger partial charge in [0.15, 0.2) is 16.8 Å². The standard InChI is InChI=1S/C27H27N5O2S/c1-18-8-7-9-23(16-18)28-17-25-30-31-27(32(25)24-10-5-4-6-11-24)35-20(3)26(34)29-22-14-12-21(13-15-22)19(2)33/h4-16,20,28H,17H2,1-3H3,(H,29,34)/t20-/m0/s1. The maximum absolute atomic E-state index is 12.9. The summed E-state index contributed by atoms with van der Waals surface area (Å²) in [6.07, 6.45) is 0. The predicted molar refractivity (Wildman–Crippen MR) is 140 cm³/mol. The first-order valence-corrected chi connectivity index (χ1v) is 12.2. The first-order valence-electron chi connectivity index (χ1n) is 11.3. The monoisotopic (exact) mass is 485 g/mol. The van der Waals surface area contributed by atoms with Crippen LogP contribution in [0.1, 0.15) is 35.6 Å². The highest BCUT2D eigenvalue weighted by molar-refractivity contribution is 8.00. The lowest BCUT2D eigenvalue weighted by molar-refractivity contribution is -0.115. The molecule has 0 saturated heterocycles. The summed E-state index contributed by atoms with van der Waals surface area (Å²) in [5.74, 6) is 0.569. The van der Waals surface area contributed by atoms with Gasteiger partial charge in [0.25, 0.3) is 0 Å². The lowest BCUT2D eigenvalue weighted by Crippen LogP contribution is -2.23. The van der Waals surface area contributed by atoms with E-state index in [0.29, 0.717) is 23.0 Å². The number of ketones is 1. The number of amides is 1. The van der Waals surface area contributed by atoms with Gasteiger partial charge in [-0.3, -0.25) is 14.2 Å². The highest BCUT2D eigenvalue weighted by Gasteiger charge is 2.21. The Balaban J connectivity index is 1.51. The molecule has 0 aliphatic heterocycles. The summed E-state index contributed by atoms with van der Waals surface area (Å²) in [6, 6.07) is 24.9. The molecule has 1 aromatic heterocycles. The minimum Gasteiger partial charge on any atom is -0.378 e. The number of nitrogens with zero attached hydrogens (tertiary/aromatic N) is 3. The normalized spacial score (nSPS) is 11.6. The van der Waals surface area contributed by atoms with Crippen LogP contribution in [-0.2, 0) is 11.3 Å². The van der Waals surface area contributed by atoms with Crippen molar-refractivity contribution >= 4 is 34.8 Å². The zero-order chi connectivity index (χ0) is 24.8. The molecule has 35 heavy (non-hydrogen) atoms. The first kappa shape index (κ1) is 24.2. The van der Waals surface area contributed by atoms with E-state index < -0.39 is 5.25 Å². The van der Waals surface area contributed by atoms with E-state index in [2.05, 4.69) is 39.9 Å². The van der Waals surface area contributed by atoms with Crippen LogP contribution in [0.15, 0.2) is 84.0 Å². The molecule has 0 radical (unpaired) electrons. The Bertz CT molecular complexity index is 1320. The largest absolute Gasteiger partial charge is 0.378 e. The molecule has 2 N–H and O–H groups in total. The molecule has 3 aromatic carbocycles. The molecule has 4 rings (SSSR count). The molecule has 1 heterocycles. The van der Waals surface area contributed by atoms with Crippen LogP contribution >= 0.6 is 11.8 Å². The second-order valence-corrected chi connectivity index (χ2v) is 9.48. The van der Waals surface area contributed by atoms with E-state index in [1.165, 1.54) is 24.2 Å². The van der Waals surface area contributed by atoms with Crippen molar-refractivity contribution in [2.75, 3.05) is 10.6 Å². The highest BCUT2D eigenvalue weighted by atomic mass is 32.2. The molecular formula is C27H27N5O2S. The van der Waals surface area contributed by atoms with E-state index in [-0.39, 0.29) is 11.7 Å². The number of Topliss-reactive ketones (excluding diaryl/α,β-unsaturated/α-hetero) is 1. The van der Waals surface area contributed by atoms with Gasteiger partial charge < -0.3 is 10.6 Å². The summed E-state index contributed by atoms with van der Waals surface area (Å²) in [4.78, 5) is 24.3. The maximum atomic E-state index is 12.9. The van der Waals surface area contributed by atoms with Crippen molar-refractivity contribution in [3.8, 4) is 5.69 Å². The summed E-state index contributed by atoms with van der Waals surface area (Å²) < 4.78 is 1.97. The zero-order valence-electron chi connectivity index (χ0n) is 19.9. The Morgan fingerprint density at radius 3 is 2.37 bits per heavy atom. The lowest BCUT2D eigenvalue weighted by atomic mass is 10.1. The second-order valence-electron chi connectivity index (χ2n) is 8.18. The number of anilines is 2. The third kappa shape index (κ3) is 6.16. The van der Waals surface area contributed by atoms with Gasteiger partial charge in [0.1, 0.15) is 0 Å². The smallest absolute Gasteiger partial charge is 0.237 e. The number of rotatable bonds is 9. The van der Waals surface area contributed by atoms with Gasteiger partial charge >= 0.3 is 0 Å². The van der Waals surface area contributed by atoms with Gasteiger partial charge in [-0.15, -0.1) is 10.2 Å². The molecule has 7 nitrogen and oxygen atoms in total. The summed E-state index contributed by atoms with van der Waals surface area (Å²) in [5.41, 5.74) is 4.35. The summed E-state index contributed by atoms with van der Waals surface area (Å²) in [6.45, 7) is 5.88. The summed E-state index contributed by atoms with van der Waals surface area (Å²) >= 11 is 1.34. The first-order chi connectivity index (χ1) is 16.9. The average molecular weight is 486 g/mol. The molecule has 0 saturated carbocycles. The number of hydrogen-bond donors (Lipinski definition) is 2. The Hall–Kier alpha value is -3.91. The van der Waals surface area contributed by atoms with Crippen molar-refractivity contribution in [3.63, 3.8) is 0 Å². The van der Waals surface area contributed by atoms with Crippen molar-refractivity contribution in [2.24, 2.45) is 0 Å². The van der Waals surface area contributed by atoms with Crippen molar-refractivity contribution in [1.82, 2.24) is 14.8 Å². The Kier molecular flexibility index (Phi) is 7.62. The van der Waals surface area contributed by atoms with E-state index >= 15 is 0 Å². The third-order valence-electron chi connectivity index (χ3n) is 5.39. The fourth-order valence-corrected chi connectivity index (χ4v) is 4.39. The predicted octanol–water partition coefficient (Wildman–Crippen LogP) is 5.51. The van der Waals surface area contributed by atoms with Gasteiger partial charge in [-0.25, -0.2) is 0 Å². The SMILES string of the molecule is CC(=O)c1ccc(NC(=O)[C@H](C)Sc2nnc(CNc3cccc(C)c3)n2-c2ccccc2)cc1. The molecule has 0 aliphatic carbocycles. The van der Waals surface area contributed by atoms with Crippen LogP contribution in [0.4, 0.5) is 11.4 Å². The number of benzene rings is 3. The zero-order valence-corrected chi connectivity index (χ0v) is 20.7. The van der Waals surface area contributed by atoms with Crippen LogP contribution in [0.3, 0.4) is 0 Å². The number of hydrogen-bond acceptors (Lipinski definition) is 6. The molecular weight excluding hydrogens is 458 g/mol. The molecule has 0 spiro atoms. The van der Waals surface area contributed by atoms with Crippen molar-refractivity contribution < 1.29 is 9.59 Å². The van der Waals surface area contributed by atoms with E-state index in [1.807, 2.05) is 54.0 Å². The van der Waals surface area contributed by atoms with Crippen LogP contribution in [0.2, 0.25) is 0 Å². The Morgan fingerprint density at radius 1 is 0.943 bits per heavy atom. The average Bonchev–Trinajstić information content (AvgIpc) is 3.26. The molecule has 0 fully saturated rings. The topological polar surface area (TPSA) is 88.9 Å². The van der Waals surface area contributed by atoms with Crippen molar-refractivity contribution in [1.29, 1.82) is 0 Å². The van der Waals surface area contributed by atoms with Crippen molar-refractivity contribution in [2.45, 2.75) is 37.7 Å². The van der Waals surface area contributed by atoms with Gasteiger partial charge in [0.2, 0.25) is 5.91 Å². The van der Waals surface area contributed by atoms with Gasteiger partial charge in [0, 0.05) is 22.6 Å². The number of nitrogens with one attached hydrogen (secondary N) is 2. The minimum absolute atomic E-state index is 0.0141. The maximum Gasteiger partial charge on any atom is 0.237 e. The second kappa shape index (κ2) is 11.0. The lowest BCUT2D eigenvalue weighted by Gasteiger charge is -2.14. The Labute approximate surface area is 209 Å². The van der Waals surface area contributed by atoms with E-state index in [1.54, 1.807) is 24.3 Å². The molecule has 0 aliphatic rings. The number of para-hydroxylation sites is 1. The molecule has 178 valence electrons. The highest BCUT2D eigenvalue weighted by Crippen LogP contribution is 2.27. The van der Waals surface area contributed by atoms with E-state index in [4.69, 9.17) is 0 Å². The molecule has 1 amide bonds. The van der Waals surface area contributed by atoms with Crippen molar-refractivity contribution in [3.05, 3.63) is 95.8 Å². The van der Waals surface area contributed by atoms with Gasteiger partial charge in [-0.1, -0.05) is 42.1 Å². The third-order valence-corrected chi connectivity index (χ3v) is 6.44. The minimum atomic E-state index is -0.424.